The first kappa shape index (κ1) is 12.6. The van der Waals surface area contributed by atoms with Gasteiger partial charge in [0.05, 0.1) is 6.61 Å². The van der Waals surface area contributed by atoms with Crippen LogP contribution in [0.5, 0.6) is 0 Å². The van der Waals surface area contributed by atoms with Gasteiger partial charge in [-0.15, -0.1) is 0 Å². The molecule has 0 radical (unpaired) electrons. The van der Waals surface area contributed by atoms with Crippen LogP contribution in [-0.2, 0) is 6.42 Å². The van der Waals surface area contributed by atoms with Crippen molar-refractivity contribution in [1.29, 1.82) is 0 Å². The summed E-state index contributed by atoms with van der Waals surface area (Å²) in [6.07, 6.45) is 0.951. The molecule has 0 aliphatic carbocycles. The zero-order chi connectivity index (χ0) is 13.1. The van der Waals surface area contributed by atoms with E-state index in [-0.39, 0.29) is 19.1 Å². The summed E-state index contributed by atoms with van der Waals surface area (Å²) in [4.78, 5) is 11.8. The van der Waals surface area contributed by atoms with E-state index in [1.165, 1.54) is 5.56 Å². The van der Waals surface area contributed by atoms with Gasteiger partial charge in [0, 0.05) is 17.5 Å². The van der Waals surface area contributed by atoms with E-state index in [0.717, 1.165) is 23.0 Å². The number of rotatable bonds is 4. The van der Waals surface area contributed by atoms with Gasteiger partial charge >= 0.3 is 0 Å². The zero-order valence-electron chi connectivity index (χ0n) is 10.6. The lowest BCUT2D eigenvalue weighted by molar-refractivity contribution is 0.0918. The van der Waals surface area contributed by atoms with Crippen LogP contribution in [0.15, 0.2) is 22.6 Å². The highest BCUT2D eigenvalue weighted by atomic mass is 16.3. The molecular weight excluding hydrogens is 230 g/mol. The molecule has 1 amide bonds. The van der Waals surface area contributed by atoms with E-state index in [0.29, 0.717) is 5.76 Å². The minimum absolute atomic E-state index is 0.0784. The highest BCUT2D eigenvalue weighted by Gasteiger charge is 2.17. The third-order valence-electron chi connectivity index (χ3n) is 3.01. The van der Waals surface area contributed by atoms with E-state index >= 15 is 0 Å². The quantitative estimate of drug-likeness (QED) is 0.869. The molecule has 4 nitrogen and oxygen atoms in total. The first-order chi connectivity index (χ1) is 8.67. The van der Waals surface area contributed by atoms with Crippen molar-refractivity contribution in [3.63, 3.8) is 0 Å². The number of fused-ring (bicyclic) bond motifs is 1. The number of furan rings is 1. The van der Waals surface area contributed by atoms with Crippen molar-refractivity contribution in [1.82, 2.24) is 5.32 Å². The molecule has 1 heterocycles. The summed E-state index contributed by atoms with van der Waals surface area (Å²) in [5.41, 5.74) is 2.78. The summed E-state index contributed by atoms with van der Waals surface area (Å²) < 4.78 is 5.56. The lowest BCUT2D eigenvalue weighted by Gasteiger charge is -2.00. The third-order valence-corrected chi connectivity index (χ3v) is 3.01. The second kappa shape index (κ2) is 5.23. The van der Waals surface area contributed by atoms with Gasteiger partial charge in [0.2, 0.25) is 0 Å². The van der Waals surface area contributed by atoms with Gasteiger partial charge in [0.15, 0.2) is 5.76 Å². The molecule has 96 valence electrons. The maximum atomic E-state index is 11.8. The normalized spacial score (nSPS) is 10.8. The maximum absolute atomic E-state index is 11.8. The lowest BCUT2D eigenvalue weighted by Crippen LogP contribution is -2.26. The summed E-state index contributed by atoms with van der Waals surface area (Å²) in [5.74, 6) is 0.0440. The number of aliphatic hydroxyl groups is 1. The summed E-state index contributed by atoms with van der Waals surface area (Å²) in [6.45, 7) is 4.12. The van der Waals surface area contributed by atoms with Crippen molar-refractivity contribution in [2.75, 3.05) is 13.2 Å². The van der Waals surface area contributed by atoms with Crippen LogP contribution in [0.25, 0.3) is 11.0 Å². The standard InChI is InChI=1S/C14H17NO3/c1-3-10-4-5-12-11(8-10)9(2)13(18-12)14(17)15-6-7-16/h4-5,8,16H,3,6-7H2,1-2H3,(H,15,17). The van der Waals surface area contributed by atoms with E-state index in [9.17, 15) is 4.79 Å². The predicted molar refractivity (Wildman–Crippen MR) is 69.7 cm³/mol. The van der Waals surface area contributed by atoms with Crippen LogP contribution in [-0.4, -0.2) is 24.2 Å². The van der Waals surface area contributed by atoms with Gasteiger partial charge < -0.3 is 14.8 Å². The van der Waals surface area contributed by atoms with Crippen molar-refractivity contribution in [2.24, 2.45) is 0 Å². The molecule has 18 heavy (non-hydrogen) atoms. The molecule has 0 aliphatic rings. The third kappa shape index (κ3) is 2.24. The molecule has 4 heteroatoms. The molecular formula is C14H17NO3. The minimum Gasteiger partial charge on any atom is -0.451 e. The highest BCUT2D eigenvalue weighted by Crippen LogP contribution is 2.26. The fourth-order valence-corrected chi connectivity index (χ4v) is 1.95. The molecule has 0 fully saturated rings. The second-order valence-electron chi connectivity index (χ2n) is 4.22. The number of hydrogen-bond donors (Lipinski definition) is 2. The highest BCUT2D eigenvalue weighted by molar-refractivity contribution is 5.99. The molecule has 1 aromatic carbocycles. The van der Waals surface area contributed by atoms with Crippen LogP contribution in [0.3, 0.4) is 0 Å². The van der Waals surface area contributed by atoms with Gasteiger partial charge in [-0.1, -0.05) is 13.0 Å². The van der Waals surface area contributed by atoms with E-state index in [1.54, 1.807) is 0 Å². The Morgan fingerprint density at radius 2 is 2.22 bits per heavy atom. The molecule has 0 spiro atoms. The fourth-order valence-electron chi connectivity index (χ4n) is 1.95. The average Bonchev–Trinajstić information content (AvgIpc) is 2.73. The number of aliphatic hydroxyl groups excluding tert-OH is 1. The van der Waals surface area contributed by atoms with Crippen LogP contribution in [0.1, 0.15) is 28.6 Å². The first-order valence-corrected chi connectivity index (χ1v) is 6.08. The molecule has 2 N–H and O–H groups in total. The Labute approximate surface area is 106 Å². The number of carbonyl (C=O) groups is 1. The van der Waals surface area contributed by atoms with E-state index in [1.807, 2.05) is 19.1 Å². The van der Waals surface area contributed by atoms with Gasteiger partial charge in [0.25, 0.3) is 5.91 Å². The largest absolute Gasteiger partial charge is 0.451 e. The van der Waals surface area contributed by atoms with Crippen molar-refractivity contribution >= 4 is 16.9 Å². The molecule has 0 saturated carbocycles. The Bertz CT molecular complexity index is 572. The number of nitrogens with one attached hydrogen (secondary N) is 1. The molecule has 0 atom stereocenters. The van der Waals surface area contributed by atoms with Crippen molar-refractivity contribution in [3.05, 3.63) is 35.1 Å². The van der Waals surface area contributed by atoms with Crippen molar-refractivity contribution in [2.45, 2.75) is 20.3 Å². The van der Waals surface area contributed by atoms with Gasteiger partial charge in [-0.05, 0) is 31.0 Å². The predicted octanol–water partition coefficient (Wildman–Crippen LogP) is 2.03. The fraction of sp³-hybridized carbons (Fsp3) is 0.357. The Hall–Kier alpha value is -1.81. The van der Waals surface area contributed by atoms with Crippen LogP contribution >= 0.6 is 0 Å². The van der Waals surface area contributed by atoms with Gasteiger partial charge in [0.1, 0.15) is 5.58 Å². The SMILES string of the molecule is CCc1ccc2oc(C(=O)NCCO)c(C)c2c1. The molecule has 0 unspecified atom stereocenters. The topological polar surface area (TPSA) is 62.5 Å². The van der Waals surface area contributed by atoms with Gasteiger partial charge in [-0.25, -0.2) is 0 Å². The van der Waals surface area contributed by atoms with Crippen LogP contribution in [0.2, 0.25) is 0 Å². The Kier molecular flexibility index (Phi) is 3.67. The molecule has 0 aliphatic heterocycles. The number of benzene rings is 1. The van der Waals surface area contributed by atoms with Gasteiger partial charge in [-0.2, -0.15) is 0 Å². The molecule has 2 rings (SSSR count). The summed E-state index contributed by atoms with van der Waals surface area (Å²) in [6, 6.07) is 5.95. The lowest BCUT2D eigenvalue weighted by atomic mass is 10.1. The number of amides is 1. The van der Waals surface area contributed by atoms with Crippen LogP contribution < -0.4 is 5.32 Å². The van der Waals surface area contributed by atoms with E-state index in [4.69, 9.17) is 9.52 Å². The average molecular weight is 247 g/mol. The monoisotopic (exact) mass is 247 g/mol. The number of carbonyl (C=O) groups excluding carboxylic acids is 1. The van der Waals surface area contributed by atoms with E-state index < -0.39 is 0 Å². The summed E-state index contributed by atoms with van der Waals surface area (Å²) in [7, 11) is 0. The Morgan fingerprint density at radius 1 is 1.44 bits per heavy atom. The molecule has 2 aromatic rings. The van der Waals surface area contributed by atoms with Gasteiger partial charge in [-0.3, -0.25) is 4.79 Å². The van der Waals surface area contributed by atoms with Crippen molar-refractivity contribution < 1.29 is 14.3 Å². The number of aryl methyl sites for hydroxylation is 2. The number of hydrogen-bond acceptors (Lipinski definition) is 3. The first-order valence-electron chi connectivity index (χ1n) is 6.08. The van der Waals surface area contributed by atoms with Crippen LogP contribution in [0, 0.1) is 6.92 Å². The zero-order valence-corrected chi connectivity index (χ0v) is 10.6. The Balaban J connectivity index is 2.41. The smallest absolute Gasteiger partial charge is 0.287 e. The van der Waals surface area contributed by atoms with E-state index in [2.05, 4.69) is 18.3 Å². The molecule has 1 aromatic heterocycles. The summed E-state index contributed by atoms with van der Waals surface area (Å²) in [5, 5.41) is 12.3. The maximum Gasteiger partial charge on any atom is 0.287 e. The minimum atomic E-state index is -0.282. The van der Waals surface area contributed by atoms with Crippen molar-refractivity contribution in [3.8, 4) is 0 Å². The molecule has 0 bridgehead atoms. The Morgan fingerprint density at radius 3 is 2.89 bits per heavy atom. The summed E-state index contributed by atoms with van der Waals surface area (Å²) >= 11 is 0. The second-order valence-corrected chi connectivity index (χ2v) is 4.22. The molecule has 0 saturated heterocycles. The van der Waals surface area contributed by atoms with Crippen LogP contribution in [0.4, 0.5) is 0 Å².